The molecule has 0 saturated carbocycles. The van der Waals surface area contributed by atoms with E-state index >= 15 is 0 Å². The quantitative estimate of drug-likeness (QED) is 0.833. The first-order valence-corrected chi connectivity index (χ1v) is 8.73. The van der Waals surface area contributed by atoms with Crippen LogP contribution in [0.15, 0.2) is 24.3 Å². The normalized spacial score (nSPS) is 15.3. The average molecular weight is 332 g/mol. The zero-order valence-electron chi connectivity index (χ0n) is 15.0. The van der Waals surface area contributed by atoms with Gasteiger partial charge in [0.25, 0.3) is 0 Å². The summed E-state index contributed by atoms with van der Waals surface area (Å²) in [5, 5.41) is 0. The Balaban J connectivity index is 1.75. The van der Waals surface area contributed by atoms with Gasteiger partial charge in [0.15, 0.2) is 0 Å². The summed E-state index contributed by atoms with van der Waals surface area (Å²) in [5.41, 5.74) is 1.28. The molecule has 0 spiro atoms. The highest BCUT2D eigenvalue weighted by molar-refractivity contribution is 5.77. The van der Waals surface area contributed by atoms with Gasteiger partial charge in [-0.2, -0.15) is 0 Å². The van der Waals surface area contributed by atoms with Gasteiger partial charge in [0, 0.05) is 33.1 Å². The Morgan fingerprint density at radius 3 is 2.29 bits per heavy atom. The maximum absolute atomic E-state index is 12.3. The van der Waals surface area contributed by atoms with E-state index in [1.165, 1.54) is 5.56 Å². The fraction of sp³-hybridized carbons (Fsp3) is 0.579. The average Bonchev–Trinajstić information content (AvgIpc) is 2.81. The predicted octanol–water partition coefficient (Wildman–Crippen LogP) is 2.66. The van der Waals surface area contributed by atoms with Crippen molar-refractivity contribution in [1.29, 1.82) is 0 Å². The van der Waals surface area contributed by atoms with Crippen LogP contribution in [0.3, 0.4) is 0 Å². The molecule has 0 aliphatic carbocycles. The molecule has 24 heavy (non-hydrogen) atoms. The van der Waals surface area contributed by atoms with Crippen molar-refractivity contribution in [3.63, 3.8) is 0 Å². The van der Waals surface area contributed by atoms with Gasteiger partial charge in [-0.25, -0.2) is 0 Å². The van der Waals surface area contributed by atoms with E-state index in [4.69, 9.17) is 4.74 Å². The third-order valence-electron chi connectivity index (χ3n) is 4.43. The molecule has 1 aromatic rings. The minimum absolute atomic E-state index is 0.0810. The third-order valence-corrected chi connectivity index (χ3v) is 4.43. The van der Waals surface area contributed by atoms with Crippen LogP contribution in [0.4, 0.5) is 0 Å². The van der Waals surface area contributed by atoms with Crippen molar-refractivity contribution in [2.24, 2.45) is 0 Å². The summed E-state index contributed by atoms with van der Waals surface area (Å²) in [6.07, 6.45) is 1.20. The number of nitrogens with zero attached hydrogens (tertiary/aromatic N) is 2. The monoisotopic (exact) mass is 332 g/mol. The van der Waals surface area contributed by atoms with E-state index in [1.54, 1.807) is 11.8 Å². The standard InChI is InChI=1S/C19H28N2O3/c1-15(2)17-5-7-18(8-6-17)24-14-9-19(23)21-11-4-10-20(12-13-21)16(3)22/h5-8,15H,4,9-14H2,1-3H3. The van der Waals surface area contributed by atoms with Crippen LogP contribution in [0.1, 0.15) is 45.1 Å². The minimum atomic E-state index is 0.0810. The van der Waals surface area contributed by atoms with Crippen LogP contribution in [0, 0.1) is 0 Å². The summed E-state index contributed by atoms with van der Waals surface area (Å²) in [5.74, 6) is 1.47. The molecule has 2 amide bonds. The van der Waals surface area contributed by atoms with Crippen molar-refractivity contribution in [2.45, 2.75) is 39.5 Å². The molecule has 1 aliphatic heterocycles. The van der Waals surface area contributed by atoms with E-state index in [9.17, 15) is 9.59 Å². The molecule has 0 aromatic heterocycles. The molecule has 0 unspecified atom stereocenters. The molecule has 1 aromatic carbocycles. The third kappa shape index (κ3) is 5.25. The Kier molecular flexibility index (Phi) is 6.64. The summed E-state index contributed by atoms with van der Waals surface area (Å²) < 4.78 is 5.68. The molecule has 0 N–H and O–H groups in total. The van der Waals surface area contributed by atoms with Crippen LogP contribution < -0.4 is 4.74 Å². The first kappa shape index (κ1) is 18.3. The largest absolute Gasteiger partial charge is 0.493 e. The highest BCUT2D eigenvalue weighted by Gasteiger charge is 2.20. The summed E-state index contributed by atoms with van der Waals surface area (Å²) >= 11 is 0. The van der Waals surface area contributed by atoms with Gasteiger partial charge >= 0.3 is 0 Å². The van der Waals surface area contributed by atoms with Crippen LogP contribution in [-0.2, 0) is 9.59 Å². The molecule has 0 bridgehead atoms. The highest BCUT2D eigenvalue weighted by atomic mass is 16.5. The number of rotatable bonds is 5. The van der Waals surface area contributed by atoms with Gasteiger partial charge in [0.05, 0.1) is 13.0 Å². The summed E-state index contributed by atoms with van der Waals surface area (Å²) in [6, 6.07) is 8.03. The number of hydrogen-bond acceptors (Lipinski definition) is 3. The molecular weight excluding hydrogens is 304 g/mol. The van der Waals surface area contributed by atoms with Crippen molar-refractivity contribution in [2.75, 3.05) is 32.8 Å². The summed E-state index contributed by atoms with van der Waals surface area (Å²) in [6.45, 7) is 8.96. The second kappa shape index (κ2) is 8.71. The number of amides is 2. The number of carbonyl (C=O) groups is 2. The van der Waals surface area contributed by atoms with E-state index in [0.717, 1.165) is 18.7 Å². The molecule has 5 nitrogen and oxygen atoms in total. The fourth-order valence-electron chi connectivity index (χ4n) is 2.85. The van der Waals surface area contributed by atoms with Crippen LogP contribution >= 0.6 is 0 Å². The number of benzene rings is 1. The molecular formula is C19H28N2O3. The van der Waals surface area contributed by atoms with Gasteiger partial charge in [-0.15, -0.1) is 0 Å². The second-order valence-corrected chi connectivity index (χ2v) is 6.56. The van der Waals surface area contributed by atoms with Gasteiger partial charge < -0.3 is 14.5 Å². The van der Waals surface area contributed by atoms with E-state index in [-0.39, 0.29) is 11.8 Å². The molecule has 5 heteroatoms. The number of ether oxygens (including phenoxy) is 1. The van der Waals surface area contributed by atoms with E-state index in [2.05, 4.69) is 26.0 Å². The van der Waals surface area contributed by atoms with Crippen molar-refractivity contribution in [3.8, 4) is 5.75 Å². The topological polar surface area (TPSA) is 49.9 Å². The van der Waals surface area contributed by atoms with E-state index < -0.39 is 0 Å². The maximum atomic E-state index is 12.3. The molecule has 132 valence electrons. The highest BCUT2D eigenvalue weighted by Crippen LogP contribution is 2.18. The lowest BCUT2D eigenvalue weighted by atomic mass is 10.0. The first-order valence-electron chi connectivity index (χ1n) is 8.73. The van der Waals surface area contributed by atoms with Crippen LogP contribution in [0.2, 0.25) is 0 Å². The lowest BCUT2D eigenvalue weighted by Gasteiger charge is -2.21. The lowest BCUT2D eigenvalue weighted by Crippen LogP contribution is -2.37. The summed E-state index contributed by atoms with van der Waals surface area (Å²) in [7, 11) is 0. The molecule has 1 fully saturated rings. The summed E-state index contributed by atoms with van der Waals surface area (Å²) in [4.78, 5) is 27.4. The zero-order chi connectivity index (χ0) is 17.5. The van der Waals surface area contributed by atoms with Crippen molar-refractivity contribution >= 4 is 11.8 Å². The van der Waals surface area contributed by atoms with Gasteiger partial charge in [0.2, 0.25) is 11.8 Å². The van der Waals surface area contributed by atoms with Gasteiger partial charge in [-0.05, 0) is 30.0 Å². The predicted molar refractivity (Wildman–Crippen MR) is 94.1 cm³/mol. The molecule has 1 heterocycles. The molecule has 0 atom stereocenters. The zero-order valence-corrected chi connectivity index (χ0v) is 15.0. The smallest absolute Gasteiger partial charge is 0.226 e. The van der Waals surface area contributed by atoms with E-state index in [0.29, 0.717) is 38.6 Å². The Morgan fingerprint density at radius 2 is 1.67 bits per heavy atom. The fourth-order valence-corrected chi connectivity index (χ4v) is 2.85. The lowest BCUT2D eigenvalue weighted by molar-refractivity contribution is -0.133. The Hall–Kier alpha value is -2.04. The van der Waals surface area contributed by atoms with Crippen LogP contribution in [0.25, 0.3) is 0 Å². The molecule has 1 aliphatic rings. The minimum Gasteiger partial charge on any atom is -0.493 e. The van der Waals surface area contributed by atoms with Gasteiger partial charge in [-0.1, -0.05) is 26.0 Å². The van der Waals surface area contributed by atoms with E-state index in [1.807, 2.05) is 17.0 Å². The van der Waals surface area contributed by atoms with Gasteiger partial charge in [-0.3, -0.25) is 9.59 Å². The van der Waals surface area contributed by atoms with Crippen molar-refractivity contribution in [1.82, 2.24) is 9.80 Å². The molecule has 1 saturated heterocycles. The van der Waals surface area contributed by atoms with Gasteiger partial charge in [0.1, 0.15) is 5.75 Å². The molecule has 0 radical (unpaired) electrons. The van der Waals surface area contributed by atoms with Crippen LogP contribution in [-0.4, -0.2) is 54.4 Å². The Bertz CT molecular complexity index is 554. The first-order chi connectivity index (χ1) is 11.5. The van der Waals surface area contributed by atoms with Crippen LogP contribution in [0.5, 0.6) is 5.75 Å². The number of hydrogen-bond donors (Lipinski definition) is 0. The Labute approximate surface area is 144 Å². The van der Waals surface area contributed by atoms with Crippen molar-refractivity contribution < 1.29 is 14.3 Å². The molecule has 2 rings (SSSR count). The maximum Gasteiger partial charge on any atom is 0.226 e. The van der Waals surface area contributed by atoms with Crippen molar-refractivity contribution in [3.05, 3.63) is 29.8 Å². The second-order valence-electron chi connectivity index (χ2n) is 6.56. The number of carbonyl (C=O) groups excluding carboxylic acids is 2. The SMILES string of the molecule is CC(=O)N1CCCN(C(=O)CCOc2ccc(C(C)C)cc2)CC1. The Morgan fingerprint density at radius 1 is 1.04 bits per heavy atom.